The Bertz CT molecular complexity index is 553. The van der Waals surface area contributed by atoms with Gasteiger partial charge in [-0.05, 0) is 55.0 Å². The molecule has 1 aliphatic heterocycles. The molecule has 0 aliphatic carbocycles. The highest BCUT2D eigenvalue weighted by molar-refractivity contribution is 5.40. The van der Waals surface area contributed by atoms with Crippen LogP contribution in [0.5, 0.6) is 0 Å². The summed E-state index contributed by atoms with van der Waals surface area (Å²) < 4.78 is 0. The molecule has 2 unspecified atom stereocenters. The topological polar surface area (TPSA) is 12.0 Å². The first-order valence-electron chi connectivity index (χ1n) is 7.59. The van der Waals surface area contributed by atoms with E-state index in [0.717, 1.165) is 13.1 Å². The Labute approximate surface area is 122 Å². The van der Waals surface area contributed by atoms with Gasteiger partial charge in [-0.3, -0.25) is 0 Å². The van der Waals surface area contributed by atoms with Crippen molar-refractivity contribution in [3.63, 3.8) is 0 Å². The van der Waals surface area contributed by atoms with Gasteiger partial charge < -0.3 is 5.32 Å². The number of rotatable bonds is 2. The highest BCUT2D eigenvalue weighted by Gasteiger charge is 2.29. The van der Waals surface area contributed by atoms with E-state index in [1.807, 2.05) is 0 Å². The van der Waals surface area contributed by atoms with Crippen molar-refractivity contribution in [2.24, 2.45) is 0 Å². The van der Waals surface area contributed by atoms with Crippen molar-refractivity contribution in [2.45, 2.75) is 32.1 Å². The molecule has 0 radical (unpaired) electrons. The Hall–Kier alpha value is -1.60. The second-order valence-corrected chi connectivity index (χ2v) is 5.92. The Morgan fingerprint density at radius 1 is 0.850 bits per heavy atom. The first-order chi connectivity index (χ1) is 9.77. The van der Waals surface area contributed by atoms with Crippen molar-refractivity contribution < 1.29 is 0 Å². The van der Waals surface area contributed by atoms with Crippen LogP contribution in [0.4, 0.5) is 0 Å². The van der Waals surface area contributed by atoms with Crippen molar-refractivity contribution in [3.05, 3.63) is 70.8 Å². The molecule has 20 heavy (non-hydrogen) atoms. The fraction of sp³-hybridized carbons (Fsp3) is 0.368. The van der Waals surface area contributed by atoms with Gasteiger partial charge in [0.2, 0.25) is 0 Å². The van der Waals surface area contributed by atoms with Gasteiger partial charge in [0.05, 0.1) is 0 Å². The molecule has 0 bridgehead atoms. The summed E-state index contributed by atoms with van der Waals surface area (Å²) in [4.78, 5) is 0. The molecule has 2 atom stereocenters. The maximum absolute atomic E-state index is 3.57. The zero-order valence-electron chi connectivity index (χ0n) is 12.4. The molecule has 0 saturated carbocycles. The van der Waals surface area contributed by atoms with Gasteiger partial charge in [0, 0.05) is 12.5 Å². The lowest BCUT2D eigenvalue weighted by atomic mass is 9.75. The average molecular weight is 265 g/mol. The van der Waals surface area contributed by atoms with Crippen LogP contribution < -0.4 is 5.32 Å². The second kappa shape index (κ2) is 5.80. The average Bonchev–Trinajstić information content (AvgIpc) is 2.48. The van der Waals surface area contributed by atoms with Crippen LogP contribution in [0, 0.1) is 13.8 Å². The maximum atomic E-state index is 3.57. The second-order valence-electron chi connectivity index (χ2n) is 5.92. The van der Waals surface area contributed by atoms with E-state index in [9.17, 15) is 0 Å². The van der Waals surface area contributed by atoms with Crippen LogP contribution in [0.25, 0.3) is 0 Å². The molecule has 2 aromatic carbocycles. The van der Waals surface area contributed by atoms with Crippen LogP contribution in [0.3, 0.4) is 0 Å². The lowest BCUT2D eigenvalue weighted by molar-refractivity contribution is 0.402. The smallest absolute Gasteiger partial charge is 0.00328 e. The molecule has 1 heterocycles. The van der Waals surface area contributed by atoms with Crippen LogP contribution in [0.1, 0.15) is 40.5 Å². The molecule has 1 saturated heterocycles. The summed E-state index contributed by atoms with van der Waals surface area (Å²) in [5, 5.41) is 3.57. The number of benzene rings is 2. The van der Waals surface area contributed by atoms with Gasteiger partial charge in [-0.15, -0.1) is 0 Å². The molecule has 2 aromatic rings. The number of hydrogen-bond donors (Lipinski definition) is 1. The standard InChI is InChI=1S/C19H23N/c1-14-7-6-8-15(2)19(14)17-11-12-20-13-18(17)16-9-4-3-5-10-16/h3-10,17-18,20H,11-13H2,1-2H3. The van der Waals surface area contributed by atoms with Crippen LogP contribution in [0.2, 0.25) is 0 Å². The third-order valence-corrected chi connectivity index (χ3v) is 4.62. The predicted octanol–water partition coefficient (Wildman–Crippen LogP) is 4.16. The zero-order chi connectivity index (χ0) is 13.9. The van der Waals surface area contributed by atoms with E-state index < -0.39 is 0 Å². The molecule has 104 valence electrons. The quantitative estimate of drug-likeness (QED) is 0.859. The third kappa shape index (κ3) is 2.51. The monoisotopic (exact) mass is 265 g/mol. The molecule has 1 nitrogen and oxygen atoms in total. The molecule has 0 spiro atoms. The Balaban J connectivity index is 2.01. The first-order valence-corrected chi connectivity index (χ1v) is 7.59. The van der Waals surface area contributed by atoms with Gasteiger partial charge in [-0.1, -0.05) is 48.5 Å². The Morgan fingerprint density at radius 2 is 1.55 bits per heavy atom. The number of nitrogens with one attached hydrogen (secondary N) is 1. The summed E-state index contributed by atoms with van der Waals surface area (Å²) in [5.41, 5.74) is 5.92. The Morgan fingerprint density at radius 3 is 2.25 bits per heavy atom. The predicted molar refractivity (Wildman–Crippen MR) is 85.3 cm³/mol. The van der Waals surface area contributed by atoms with Crippen molar-refractivity contribution in [1.29, 1.82) is 0 Å². The van der Waals surface area contributed by atoms with Crippen molar-refractivity contribution in [3.8, 4) is 0 Å². The van der Waals surface area contributed by atoms with Gasteiger partial charge in [0.15, 0.2) is 0 Å². The van der Waals surface area contributed by atoms with E-state index in [-0.39, 0.29) is 0 Å². The minimum atomic E-state index is 0.588. The zero-order valence-corrected chi connectivity index (χ0v) is 12.4. The van der Waals surface area contributed by atoms with Gasteiger partial charge in [0.25, 0.3) is 0 Å². The number of aryl methyl sites for hydroxylation is 2. The van der Waals surface area contributed by atoms with Crippen molar-refractivity contribution in [1.82, 2.24) is 5.32 Å². The fourth-order valence-corrected chi connectivity index (χ4v) is 3.67. The fourth-order valence-electron chi connectivity index (χ4n) is 3.67. The highest BCUT2D eigenvalue weighted by atomic mass is 14.9. The summed E-state index contributed by atoms with van der Waals surface area (Å²) in [5.74, 6) is 1.23. The molecule has 1 N–H and O–H groups in total. The van der Waals surface area contributed by atoms with E-state index in [1.54, 1.807) is 5.56 Å². The molecule has 0 amide bonds. The lowest BCUT2D eigenvalue weighted by Gasteiger charge is -2.34. The Kier molecular flexibility index (Phi) is 3.88. The number of hydrogen-bond acceptors (Lipinski definition) is 1. The van der Waals surface area contributed by atoms with Gasteiger partial charge in [-0.25, -0.2) is 0 Å². The molecule has 1 aliphatic rings. The SMILES string of the molecule is Cc1cccc(C)c1C1CCNCC1c1ccccc1. The molecular formula is C19H23N. The summed E-state index contributed by atoms with van der Waals surface area (Å²) >= 11 is 0. The molecule has 0 aromatic heterocycles. The maximum Gasteiger partial charge on any atom is 0.00328 e. The minimum absolute atomic E-state index is 0.588. The van der Waals surface area contributed by atoms with Crippen LogP contribution in [0.15, 0.2) is 48.5 Å². The lowest BCUT2D eigenvalue weighted by Crippen LogP contribution is -2.34. The highest BCUT2D eigenvalue weighted by Crippen LogP contribution is 2.39. The summed E-state index contributed by atoms with van der Waals surface area (Å²) in [6.45, 7) is 6.73. The van der Waals surface area contributed by atoms with E-state index in [0.29, 0.717) is 11.8 Å². The van der Waals surface area contributed by atoms with Gasteiger partial charge in [-0.2, -0.15) is 0 Å². The third-order valence-electron chi connectivity index (χ3n) is 4.62. The van der Waals surface area contributed by atoms with Crippen LogP contribution >= 0.6 is 0 Å². The molecule has 3 rings (SSSR count). The van der Waals surface area contributed by atoms with E-state index in [1.165, 1.54) is 23.1 Å². The molecular weight excluding hydrogens is 242 g/mol. The van der Waals surface area contributed by atoms with Crippen molar-refractivity contribution >= 4 is 0 Å². The van der Waals surface area contributed by atoms with Crippen LogP contribution in [-0.2, 0) is 0 Å². The van der Waals surface area contributed by atoms with Gasteiger partial charge >= 0.3 is 0 Å². The normalized spacial score (nSPS) is 22.7. The summed E-state index contributed by atoms with van der Waals surface area (Å²) in [6, 6.07) is 17.7. The molecule has 1 heteroatoms. The minimum Gasteiger partial charge on any atom is -0.316 e. The van der Waals surface area contributed by atoms with E-state index in [2.05, 4.69) is 67.7 Å². The van der Waals surface area contributed by atoms with E-state index in [4.69, 9.17) is 0 Å². The first kappa shape index (κ1) is 13.4. The van der Waals surface area contributed by atoms with E-state index >= 15 is 0 Å². The summed E-state index contributed by atoms with van der Waals surface area (Å²) in [6.07, 6.45) is 1.23. The number of piperidine rings is 1. The van der Waals surface area contributed by atoms with Crippen LogP contribution in [-0.4, -0.2) is 13.1 Å². The van der Waals surface area contributed by atoms with Crippen molar-refractivity contribution in [2.75, 3.05) is 13.1 Å². The molecule has 1 fully saturated rings. The van der Waals surface area contributed by atoms with Gasteiger partial charge in [0.1, 0.15) is 0 Å². The summed E-state index contributed by atoms with van der Waals surface area (Å²) in [7, 11) is 0. The largest absolute Gasteiger partial charge is 0.316 e.